The van der Waals surface area contributed by atoms with E-state index in [-0.39, 0.29) is 11.5 Å². The van der Waals surface area contributed by atoms with Gasteiger partial charge in [-0.05, 0) is 28.1 Å². The molecule has 0 spiro atoms. The highest BCUT2D eigenvalue weighted by Crippen LogP contribution is 2.23. The van der Waals surface area contributed by atoms with Gasteiger partial charge in [-0.1, -0.05) is 6.07 Å². The number of nitrogens with zero attached hydrogens (tertiary/aromatic N) is 1. The summed E-state index contributed by atoms with van der Waals surface area (Å²) in [5.74, 6) is -2.97. The molecule has 2 rings (SSSR count). The van der Waals surface area contributed by atoms with Crippen molar-refractivity contribution >= 4 is 27.4 Å². The maximum atomic E-state index is 13.3. The Kier molecular flexibility index (Phi) is 3.33. The third-order valence-corrected chi connectivity index (χ3v) is 2.41. The van der Waals surface area contributed by atoms with Gasteiger partial charge in [-0.25, -0.2) is 18.2 Å². The van der Waals surface area contributed by atoms with E-state index in [1.165, 1.54) is 0 Å². The molecule has 0 atom stereocenters. The zero-order chi connectivity index (χ0) is 12.4. The van der Waals surface area contributed by atoms with E-state index >= 15 is 0 Å². The van der Waals surface area contributed by atoms with Crippen LogP contribution in [0.5, 0.6) is 0 Å². The Morgan fingerprint density at radius 3 is 2.59 bits per heavy atom. The van der Waals surface area contributed by atoms with Crippen LogP contribution < -0.4 is 5.32 Å². The summed E-state index contributed by atoms with van der Waals surface area (Å²) in [5.41, 5.74) is -0.298. The molecule has 0 amide bonds. The van der Waals surface area contributed by atoms with Crippen molar-refractivity contribution in [3.05, 3.63) is 52.4 Å². The summed E-state index contributed by atoms with van der Waals surface area (Å²) in [6, 6.07) is 6.23. The van der Waals surface area contributed by atoms with E-state index in [0.29, 0.717) is 10.7 Å². The summed E-state index contributed by atoms with van der Waals surface area (Å²) in [4.78, 5) is 3.96. The van der Waals surface area contributed by atoms with Crippen LogP contribution in [0.4, 0.5) is 24.7 Å². The Balaban J connectivity index is 2.36. The van der Waals surface area contributed by atoms with Crippen molar-refractivity contribution in [3.63, 3.8) is 0 Å². The summed E-state index contributed by atoms with van der Waals surface area (Å²) in [6.45, 7) is 0. The largest absolute Gasteiger partial charge is 0.338 e. The van der Waals surface area contributed by atoms with Gasteiger partial charge in [0.2, 0.25) is 0 Å². The second-order valence-corrected chi connectivity index (χ2v) is 4.03. The number of rotatable bonds is 2. The fourth-order valence-electron chi connectivity index (χ4n) is 1.26. The van der Waals surface area contributed by atoms with Crippen LogP contribution in [0.2, 0.25) is 0 Å². The van der Waals surface area contributed by atoms with Crippen molar-refractivity contribution in [2.24, 2.45) is 0 Å². The highest BCUT2D eigenvalue weighted by Gasteiger charge is 2.11. The highest BCUT2D eigenvalue weighted by atomic mass is 79.9. The molecule has 6 heteroatoms. The van der Waals surface area contributed by atoms with E-state index in [9.17, 15) is 13.2 Å². The Morgan fingerprint density at radius 2 is 1.88 bits per heavy atom. The average molecular weight is 303 g/mol. The van der Waals surface area contributed by atoms with Gasteiger partial charge in [0.05, 0.1) is 5.69 Å². The zero-order valence-electron chi connectivity index (χ0n) is 8.35. The van der Waals surface area contributed by atoms with Gasteiger partial charge in [0, 0.05) is 12.1 Å². The predicted molar refractivity (Wildman–Crippen MR) is 61.5 cm³/mol. The molecule has 17 heavy (non-hydrogen) atoms. The molecule has 0 aliphatic heterocycles. The molecular weight excluding hydrogens is 297 g/mol. The number of benzene rings is 1. The van der Waals surface area contributed by atoms with Crippen molar-refractivity contribution in [2.45, 2.75) is 0 Å². The van der Waals surface area contributed by atoms with E-state index in [1.807, 2.05) is 0 Å². The SMILES string of the molecule is Fc1cc(F)c(F)c(Nc2cccc(Br)n2)c1. The lowest BCUT2D eigenvalue weighted by Crippen LogP contribution is -1.99. The van der Waals surface area contributed by atoms with E-state index in [0.717, 1.165) is 6.07 Å². The number of nitrogens with one attached hydrogen (secondary N) is 1. The Morgan fingerprint density at radius 1 is 1.12 bits per heavy atom. The van der Waals surface area contributed by atoms with Crippen LogP contribution in [-0.2, 0) is 0 Å². The third kappa shape index (κ3) is 2.76. The quantitative estimate of drug-likeness (QED) is 0.670. The van der Waals surface area contributed by atoms with Gasteiger partial charge in [0.1, 0.15) is 16.2 Å². The Labute approximate surface area is 104 Å². The van der Waals surface area contributed by atoms with Crippen molar-refractivity contribution in [1.29, 1.82) is 0 Å². The van der Waals surface area contributed by atoms with Crippen molar-refractivity contribution < 1.29 is 13.2 Å². The Hall–Kier alpha value is -1.56. The average Bonchev–Trinajstić information content (AvgIpc) is 2.25. The monoisotopic (exact) mass is 302 g/mol. The van der Waals surface area contributed by atoms with Crippen LogP contribution in [0.25, 0.3) is 0 Å². The summed E-state index contributed by atoms with van der Waals surface area (Å²) >= 11 is 3.13. The van der Waals surface area contributed by atoms with Crippen LogP contribution in [0.15, 0.2) is 34.9 Å². The molecule has 88 valence electrons. The number of aromatic nitrogens is 1. The molecule has 2 nitrogen and oxygen atoms in total. The lowest BCUT2D eigenvalue weighted by molar-refractivity contribution is 0.498. The molecule has 0 saturated carbocycles. The van der Waals surface area contributed by atoms with Crippen molar-refractivity contribution in [2.75, 3.05) is 5.32 Å². The van der Waals surface area contributed by atoms with Gasteiger partial charge in [-0.2, -0.15) is 0 Å². The van der Waals surface area contributed by atoms with Gasteiger partial charge in [-0.3, -0.25) is 0 Å². The minimum atomic E-state index is -1.25. The zero-order valence-corrected chi connectivity index (χ0v) is 9.93. The first kappa shape index (κ1) is 11.9. The van der Waals surface area contributed by atoms with Crippen molar-refractivity contribution in [3.8, 4) is 0 Å². The number of halogens is 4. The number of anilines is 2. The number of hydrogen-bond acceptors (Lipinski definition) is 2. The lowest BCUT2D eigenvalue weighted by atomic mass is 10.2. The van der Waals surface area contributed by atoms with Gasteiger partial charge >= 0.3 is 0 Å². The molecule has 0 saturated heterocycles. The van der Waals surface area contributed by atoms with Gasteiger partial charge < -0.3 is 5.32 Å². The van der Waals surface area contributed by atoms with Gasteiger partial charge in [0.15, 0.2) is 11.6 Å². The van der Waals surface area contributed by atoms with E-state index < -0.39 is 17.5 Å². The van der Waals surface area contributed by atoms with Crippen LogP contribution in [-0.4, -0.2) is 4.98 Å². The predicted octanol–water partition coefficient (Wildman–Crippen LogP) is 4.01. The maximum Gasteiger partial charge on any atom is 0.182 e. The van der Waals surface area contributed by atoms with E-state index in [2.05, 4.69) is 26.2 Å². The minimum Gasteiger partial charge on any atom is -0.338 e. The second kappa shape index (κ2) is 4.75. The second-order valence-electron chi connectivity index (χ2n) is 3.22. The topological polar surface area (TPSA) is 24.9 Å². The molecule has 1 N–H and O–H groups in total. The molecule has 0 unspecified atom stereocenters. The normalized spacial score (nSPS) is 10.4. The molecular formula is C11H6BrF3N2. The molecule has 1 aromatic carbocycles. The first-order valence-electron chi connectivity index (χ1n) is 4.60. The molecule has 1 heterocycles. The third-order valence-electron chi connectivity index (χ3n) is 1.97. The van der Waals surface area contributed by atoms with Gasteiger partial charge in [0.25, 0.3) is 0 Å². The summed E-state index contributed by atoms with van der Waals surface area (Å²) in [7, 11) is 0. The summed E-state index contributed by atoms with van der Waals surface area (Å²) in [5, 5.41) is 2.50. The molecule has 0 radical (unpaired) electrons. The molecule has 0 bridgehead atoms. The number of hydrogen-bond donors (Lipinski definition) is 1. The first-order chi connectivity index (χ1) is 8.06. The van der Waals surface area contributed by atoms with Crippen LogP contribution in [0.3, 0.4) is 0 Å². The molecule has 0 aliphatic rings. The smallest absolute Gasteiger partial charge is 0.182 e. The number of pyridine rings is 1. The minimum absolute atomic E-state index is 0.281. The van der Waals surface area contributed by atoms with Crippen LogP contribution >= 0.6 is 15.9 Å². The standard InChI is InChI=1S/C11H6BrF3N2/c12-9-2-1-3-10(17-9)16-8-5-6(13)4-7(14)11(8)15/h1-5H,(H,16,17). The van der Waals surface area contributed by atoms with Crippen LogP contribution in [0, 0.1) is 17.5 Å². The van der Waals surface area contributed by atoms with Gasteiger partial charge in [-0.15, -0.1) is 0 Å². The highest BCUT2D eigenvalue weighted by molar-refractivity contribution is 9.10. The Bertz CT molecular complexity index is 560. The first-order valence-corrected chi connectivity index (χ1v) is 5.39. The molecule has 1 aromatic heterocycles. The molecule has 0 aliphatic carbocycles. The summed E-state index contributed by atoms with van der Waals surface area (Å²) < 4.78 is 39.7. The fourth-order valence-corrected chi connectivity index (χ4v) is 1.61. The molecule has 2 aromatic rings. The summed E-state index contributed by atoms with van der Waals surface area (Å²) in [6.07, 6.45) is 0. The lowest BCUT2D eigenvalue weighted by Gasteiger charge is -2.07. The van der Waals surface area contributed by atoms with E-state index in [1.54, 1.807) is 18.2 Å². The van der Waals surface area contributed by atoms with Crippen molar-refractivity contribution in [1.82, 2.24) is 4.98 Å². The van der Waals surface area contributed by atoms with Crippen LogP contribution in [0.1, 0.15) is 0 Å². The molecule has 0 fully saturated rings. The van der Waals surface area contributed by atoms with E-state index in [4.69, 9.17) is 0 Å². The fraction of sp³-hybridized carbons (Fsp3) is 0. The maximum absolute atomic E-state index is 13.3.